The van der Waals surface area contributed by atoms with Gasteiger partial charge in [-0.05, 0) is 18.6 Å². The van der Waals surface area contributed by atoms with Gasteiger partial charge in [0, 0.05) is 29.2 Å². The van der Waals surface area contributed by atoms with E-state index in [-0.39, 0.29) is 5.57 Å². The minimum Gasteiger partial charge on any atom is -0.347 e. The summed E-state index contributed by atoms with van der Waals surface area (Å²) < 4.78 is 2.09. The first kappa shape index (κ1) is 14.1. The lowest BCUT2D eigenvalue weighted by molar-refractivity contribution is -0.123. The molecule has 1 aromatic heterocycles. The minimum atomic E-state index is -0.791. The summed E-state index contributed by atoms with van der Waals surface area (Å²) >= 11 is 0. The normalized spacial score (nSPS) is 15.0. The number of hydrogen-bond donors (Lipinski definition) is 2. The minimum absolute atomic E-state index is 0.0704. The molecule has 0 radical (unpaired) electrons. The molecule has 1 fully saturated rings. The number of nitrogens with one attached hydrogen (secondary N) is 2. The number of aryl methyl sites for hydroxylation is 1. The first-order valence-corrected chi connectivity index (χ1v) is 7.06. The highest BCUT2D eigenvalue weighted by Crippen LogP contribution is 2.24. The summed E-state index contributed by atoms with van der Waals surface area (Å²) in [4.78, 5) is 34.7. The fraction of sp³-hybridized carbons (Fsp3) is 0.188. The molecule has 0 spiro atoms. The van der Waals surface area contributed by atoms with Crippen LogP contribution >= 0.6 is 0 Å². The summed E-state index contributed by atoms with van der Waals surface area (Å²) in [6.07, 6.45) is 4.41. The average molecular weight is 297 g/mol. The monoisotopic (exact) mass is 297 g/mol. The van der Waals surface area contributed by atoms with Crippen molar-refractivity contribution in [1.29, 1.82) is 0 Å². The third-order valence-electron chi connectivity index (χ3n) is 3.53. The summed E-state index contributed by atoms with van der Waals surface area (Å²) in [5, 5.41) is 5.11. The Labute approximate surface area is 126 Å². The van der Waals surface area contributed by atoms with Crippen LogP contribution in [0.5, 0.6) is 0 Å². The molecular weight excluding hydrogens is 282 g/mol. The fourth-order valence-electron chi connectivity index (χ4n) is 2.58. The van der Waals surface area contributed by atoms with Gasteiger partial charge in [0.15, 0.2) is 0 Å². The zero-order valence-electron chi connectivity index (χ0n) is 12.1. The van der Waals surface area contributed by atoms with Crippen LogP contribution in [0.1, 0.15) is 18.9 Å². The van der Waals surface area contributed by atoms with Crippen LogP contribution < -0.4 is 10.6 Å². The molecule has 0 unspecified atom stereocenters. The molecule has 1 aliphatic heterocycles. The maximum Gasteiger partial charge on any atom is 0.328 e. The van der Waals surface area contributed by atoms with Gasteiger partial charge < -0.3 is 4.57 Å². The van der Waals surface area contributed by atoms with E-state index in [1.54, 1.807) is 0 Å². The third-order valence-corrected chi connectivity index (χ3v) is 3.53. The van der Waals surface area contributed by atoms with Crippen molar-refractivity contribution in [3.05, 3.63) is 41.6 Å². The molecule has 0 bridgehead atoms. The average Bonchev–Trinajstić information content (AvgIpc) is 2.82. The number of barbiturate groups is 1. The van der Waals surface area contributed by atoms with Gasteiger partial charge in [-0.15, -0.1) is 0 Å². The lowest BCUT2D eigenvalue weighted by atomic mass is 10.1. The predicted molar refractivity (Wildman–Crippen MR) is 81.9 cm³/mol. The topological polar surface area (TPSA) is 80.2 Å². The number of carbonyl (C=O) groups is 3. The largest absolute Gasteiger partial charge is 0.347 e. The molecule has 1 saturated heterocycles. The molecule has 6 heteroatoms. The van der Waals surface area contributed by atoms with E-state index in [4.69, 9.17) is 0 Å². The second-order valence-corrected chi connectivity index (χ2v) is 5.09. The number of nitrogens with zero attached hydrogens (tertiary/aromatic N) is 1. The zero-order valence-corrected chi connectivity index (χ0v) is 12.1. The van der Waals surface area contributed by atoms with Gasteiger partial charge in [-0.2, -0.15) is 0 Å². The van der Waals surface area contributed by atoms with Crippen LogP contribution in [0.2, 0.25) is 0 Å². The Morgan fingerprint density at radius 3 is 2.45 bits per heavy atom. The van der Waals surface area contributed by atoms with Crippen molar-refractivity contribution in [2.24, 2.45) is 0 Å². The number of fused-ring (bicyclic) bond motifs is 1. The lowest BCUT2D eigenvalue weighted by Gasteiger charge is -2.13. The molecule has 6 nitrogen and oxygen atoms in total. The molecule has 1 aliphatic rings. The number of amides is 4. The van der Waals surface area contributed by atoms with Gasteiger partial charge in [0.25, 0.3) is 11.8 Å². The smallest absolute Gasteiger partial charge is 0.328 e. The number of urea groups is 1. The Morgan fingerprint density at radius 2 is 1.77 bits per heavy atom. The highest BCUT2D eigenvalue weighted by atomic mass is 16.2. The molecule has 22 heavy (non-hydrogen) atoms. The van der Waals surface area contributed by atoms with Gasteiger partial charge in [-0.3, -0.25) is 20.2 Å². The van der Waals surface area contributed by atoms with E-state index in [0.717, 1.165) is 29.4 Å². The molecule has 0 saturated carbocycles. The SMILES string of the molecule is CCCn1cc(C=C2C(=O)NC(=O)NC2=O)c2ccccc21. The third kappa shape index (κ3) is 2.39. The van der Waals surface area contributed by atoms with Gasteiger partial charge in [-0.25, -0.2) is 4.79 Å². The van der Waals surface area contributed by atoms with Crippen LogP contribution in [0, 0.1) is 0 Å². The van der Waals surface area contributed by atoms with E-state index in [2.05, 4.69) is 22.1 Å². The van der Waals surface area contributed by atoms with E-state index in [0.29, 0.717) is 0 Å². The Balaban J connectivity index is 2.10. The first-order chi connectivity index (χ1) is 10.6. The van der Waals surface area contributed by atoms with Crippen molar-refractivity contribution >= 4 is 34.8 Å². The number of para-hydroxylation sites is 1. The van der Waals surface area contributed by atoms with E-state index in [1.165, 1.54) is 6.08 Å². The van der Waals surface area contributed by atoms with Crippen molar-refractivity contribution in [2.45, 2.75) is 19.9 Å². The number of rotatable bonds is 3. The van der Waals surface area contributed by atoms with Crippen LogP contribution in [-0.2, 0) is 16.1 Å². The number of imide groups is 2. The second-order valence-electron chi connectivity index (χ2n) is 5.09. The van der Waals surface area contributed by atoms with E-state index < -0.39 is 17.8 Å². The van der Waals surface area contributed by atoms with E-state index in [9.17, 15) is 14.4 Å². The van der Waals surface area contributed by atoms with Crippen molar-refractivity contribution in [3.8, 4) is 0 Å². The Bertz CT molecular complexity index is 795. The molecule has 2 N–H and O–H groups in total. The molecule has 1 aromatic carbocycles. The number of hydrogen-bond acceptors (Lipinski definition) is 3. The highest BCUT2D eigenvalue weighted by molar-refractivity contribution is 6.31. The summed E-state index contributed by atoms with van der Waals surface area (Å²) in [5.41, 5.74) is 1.75. The van der Waals surface area contributed by atoms with Crippen molar-refractivity contribution in [1.82, 2.24) is 15.2 Å². The summed E-state index contributed by atoms with van der Waals surface area (Å²) in [6, 6.07) is 7.00. The predicted octanol–water partition coefficient (Wildman–Crippen LogP) is 1.80. The summed E-state index contributed by atoms with van der Waals surface area (Å²) in [5.74, 6) is -1.36. The van der Waals surface area contributed by atoms with E-state index >= 15 is 0 Å². The Hall–Kier alpha value is -2.89. The lowest BCUT2D eigenvalue weighted by Crippen LogP contribution is -2.51. The molecule has 2 aromatic rings. The number of benzene rings is 1. The quantitative estimate of drug-likeness (QED) is 0.669. The second kappa shape index (κ2) is 5.48. The van der Waals surface area contributed by atoms with Gasteiger partial charge >= 0.3 is 6.03 Å². The number of carbonyl (C=O) groups excluding carboxylic acids is 3. The van der Waals surface area contributed by atoms with Crippen molar-refractivity contribution < 1.29 is 14.4 Å². The Kier molecular flexibility index (Phi) is 3.50. The van der Waals surface area contributed by atoms with Crippen LogP contribution in [0.3, 0.4) is 0 Å². The molecule has 112 valence electrons. The molecule has 3 rings (SSSR count). The first-order valence-electron chi connectivity index (χ1n) is 7.06. The maximum absolute atomic E-state index is 11.8. The van der Waals surface area contributed by atoms with Gasteiger partial charge in [0.05, 0.1) is 0 Å². The van der Waals surface area contributed by atoms with Gasteiger partial charge in [-0.1, -0.05) is 25.1 Å². The van der Waals surface area contributed by atoms with Crippen LogP contribution in [-0.4, -0.2) is 22.4 Å². The number of aromatic nitrogens is 1. The van der Waals surface area contributed by atoms with Crippen LogP contribution in [0.25, 0.3) is 17.0 Å². The standard InChI is InChI=1S/C16H15N3O3/c1-2-7-19-9-10(11-5-3-4-6-13(11)19)8-12-14(20)17-16(22)18-15(12)21/h3-6,8-9H,2,7H2,1H3,(H2,17,18,20,21,22). The molecule has 2 heterocycles. The maximum atomic E-state index is 11.8. The Morgan fingerprint density at radius 1 is 1.09 bits per heavy atom. The zero-order chi connectivity index (χ0) is 15.7. The van der Waals surface area contributed by atoms with Crippen molar-refractivity contribution in [3.63, 3.8) is 0 Å². The molecule has 4 amide bonds. The van der Waals surface area contributed by atoms with E-state index in [1.807, 2.05) is 30.5 Å². The molecule has 0 aliphatic carbocycles. The van der Waals surface area contributed by atoms with Gasteiger partial charge in [0.1, 0.15) is 5.57 Å². The fourth-order valence-corrected chi connectivity index (χ4v) is 2.58. The summed E-state index contributed by atoms with van der Waals surface area (Å²) in [6.45, 7) is 2.93. The highest BCUT2D eigenvalue weighted by Gasteiger charge is 2.28. The van der Waals surface area contributed by atoms with Crippen molar-refractivity contribution in [2.75, 3.05) is 0 Å². The summed E-state index contributed by atoms with van der Waals surface area (Å²) in [7, 11) is 0. The van der Waals surface area contributed by atoms with Gasteiger partial charge in [0.2, 0.25) is 0 Å². The van der Waals surface area contributed by atoms with Crippen LogP contribution in [0.15, 0.2) is 36.0 Å². The van der Waals surface area contributed by atoms with Crippen LogP contribution in [0.4, 0.5) is 4.79 Å². The molecule has 0 atom stereocenters. The molecular formula is C16H15N3O3.